The first-order valence-electron chi connectivity index (χ1n) is 5.77. The van der Waals surface area contributed by atoms with Crippen molar-refractivity contribution in [1.29, 1.82) is 0 Å². The van der Waals surface area contributed by atoms with E-state index in [1.54, 1.807) is 6.07 Å². The predicted octanol–water partition coefficient (Wildman–Crippen LogP) is 3.62. The van der Waals surface area contributed by atoms with E-state index in [0.29, 0.717) is 31.0 Å². The van der Waals surface area contributed by atoms with E-state index >= 15 is 0 Å². The molecule has 0 heterocycles. The minimum atomic E-state index is -0.485. The lowest BCUT2D eigenvalue weighted by molar-refractivity contribution is -0.121. The molecule has 1 aliphatic rings. The molecule has 0 aromatic heterocycles. The van der Waals surface area contributed by atoms with Gasteiger partial charge < -0.3 is 4.74 Å². The maximum atomic E-state index is 13.1. The maximum Gasteiger partial charge on any atom is 0.145 e. The van der Waals surface area contributed by atoms with Crippen LogP contribution >= 0.6 is 11.6 Å². The van der Waals surface area contributed by atoms with Crippen molar-refractivity contribution in [2.75, 3.05) is 6.61 Å². The molecule has 92 valence electrons. The smallest absolute Gasteiger partial charge is 0.145 e. The van der Waals surface area contributed by atoms with Crippen LogP contribution in [0.15, 0.2) is 18.2 Å². The lowest BCUT2D eigenvalue weighted by Crippen LogP contribution is -2.11. The Hall–Kier alpha value is -1.09. The summed E-state index contributed by atoms with van der Waals surface area (Å²) in [6.07, 6.45) is 3.35. The van der Waals surface area contributed by atoms with Gasteiger partial charge in [-0.25, -0.2) is 4.39 Å². The van der Waals surface area contributed by atoms with E-state index in [1.165, 1.54) is 12.1 Å². The van der Waals surface area contributed by atoms with Crippen LogP contribution < -0.4 is 4.74 Å². The van der Waals surface area contributed by atoms with Gasteiger partial charge in [0.25, 0.3) is 0 Å². The third-order valence-electron chi connectivity index (χ3n) is 3.06. The van der Waals surface area contributed by atoms with Crippen molar-refractivity contribution in [3.8, 4) is 5.75 Å². The Morgan fingerprint density at radius 1 is 1.47 bits per heavy atom. The highest BCUT2D eigenvalue weighted by Crippen LogP contribution is 2.25. The molecular weight excluding hydrogens is 243 g/mol. The highest BCUT2D eigenvalue weighted by Gasteiger charge is 2.23. The highest BCUT2D eigenvalue weighted by molar-refractivity contribution is 6.30. The summed E-state index contributed by atoms with van der Waals surface area (Å²) in [6, 6.07) is 4.35. The normalized spacial score (nSPS) is 19.6. The van der Waals surface area contributed by atoms with Gasteiger partial charge in [-0.1, -0.05) is 11.6 Å². The number of hydrogen-bond acceptors (Lipinski definition) is 2. The molecule has 4 heteroatoms. The van der Waals surface area contributed by atoms with Gasteiger partial charge in [-0.3, -0.25) is 4.79 Å². The van der Waals surface area contributed by atoms with Gasteiger partial charge >= 0.3 is 0 Å². The van der Waals surface area contributed by atoms with Crippen LogP contribution in [-0.4, -0.2) is 12.4 Å². The van der Waals surface area contributed by atoms with Gasteiger partial charge in [0.2, 0.25) is 0 Å². The molecule has 2 rings (SSSR count). The second-order valence-corrected chi connectivity index (χ2v) is 4.68. The van der Waals surface area contributed by atoms with E-state index in [1.807, 2.05) is 0 Å². The van der Waals surface area contributed by atoms with Crippen LogP contribution in [0.5, 0.6) is 5.75 Å². The van der Waals surface area contributed by atoms with Gasteiger partial charge in [0.15, 0.2) is 0 Å². The van der Waals surface area contributed by atoms with Gasteiger partial charge in [0.05, 0.1) is 11.6 Å². The Morgan fingerprint density at radius 2 is 2.29 bits per heavy atom. The molecule has 1 aromatic rings. The summed E-state index contributed by atoms with van der Waals surface area (Å²) in [5.74, 6) is 0.432. The van der Waals surface area contributed by atoms with E-state index in [4.69, 9.17) is 16.3 Å². The summed E-state index contributed by atoms with van der Waals surface area (Å²) >= 11 is 5.56. The van der Waals surface area contributed by atoms with Crippen molar-refractivity contribution < 1.29 is 13.9 Å². The van der Waals surface area contributed by atoms with Crippen molar-refractivity contribution in [1.82, 2.24) is 0 Å². The molecule has 0 N–H and O–H groups in total. The van der Waals surface area contributed by atoms with Gasteiger partial charge in [-0.15, -0.1) is 0 Å². The number of Topliss-reactive ketones (excluding diaryl/α,β-unsaturated/α-hetero) is 1. The van der Waals surface area contributed by atoms with Crippen molar-refractivity contribution in [3.63, 3.8) is 0 Å². The number of rotatable bonds is 4. The van der Waals surface area contributed by atoms with E-state index in [0.717, 1.165) is 12.8 Å². The minimum absolute atomic E-state index is 0.0864. The molecule has 1 unspecified atom stereocenters. The lowest BCUT2D eigenvalue weighted by atomic mass is 10.0. The summed E-state index contributed by atoms with van der Waals surface area (Å²) in [4.78, 5) is 11.4. The quantitative estimate of drug-likeness (QED) is 0.823. The fourth-order valence-corrected chi connectivity index (χ4v) is 2.20. The highest BCUT2D eigenvalue weighted by atomic mass is 35.5. The zero-order valence-corrected chi connectivity index (χ0v) is 10.2. The lowest BCUT2D eigenvalue weighted by Gasteiger charge is -2.09. The second kappa shape index (κ2) is 5.50. The van der Waals surface area contributed by atoms with Gasteiger partial charge in [0.1, 0.15) is 17.3 Å². The van der Waals surface area contributed by atoms with Crippen LogP contribution in [0, 0.1) is 11.7 Å². The predicted molar refractivity (Wildman–Crippen MR) is 63.9 cm³/mol. The molecule has 0 aliphatic heterocycles. The fourth-order valence-electron chi connectivity index (χ4n) is 2.08. The number of ether oxygens (including phenoxy) is 1. The average molecular weight is 257 g/mol. The third-order valence-corrected chi connectivity index (χ3v) is 3.36. The SMILES string of the molecule is O=C1CCCC1CCOc1ccc(Cl)c(F)c1. The summed E-state index contributed by atoms with van der Waals surface area (Å²) in [5.41, 5.74) is 0. The van der Waals surface area contributed by atoms with Crippen LogP contribution in [0.3, 0.4) is 0 Å². The van der Waals surface area contributed by atoms with Gasteiger partial charge in [-0.05, 0) is 31.4 Å². The Kier molecular flexibility index (Phi) is 4.00. The largest absolute Gasteiger partial charge is 0.493 e. The Labute approximate surface area is 105 Å². The number of hydrogen-bond donors (Lipinski definition) is 0. The average Bonchev–Trinajstić information content (AvgIpc) is 2.70. The number of carbonyl (C=O) groups is 1. The number of halogens is 2. The van der Waals surface area contributed by atoms with Crippen LogP contribution in [0.4, 0.5) is 4.39 Å². The molecule has 17 heavy (non-hydrogen) atoms. The van der Waals surface area contributed by atoms with Crippen LogP contribution in [0.25, 0.3) is 0 Å². The van der Waals surface area contributed by atoms with Crippen molar-refractivity contribution in [2.45, 2.75) is 25.7 Å². The van der Waals surface area contributed by atoms with E-state index in [9.17, 15) is 9.18 Å². The maximum absolute atomic E-state index is 13.1. The van der Waals surface area contributed by atoms with Crippen molar-refractivity contribution in [3.05, 3.63) is 29.0 Å². The van der Waals surface area contributed by atoms with Crippen molar-refractivity contribution in [2.24, 2.45) is 5.92 Å². The summed E-state index contributed by atoms with van der Waals surface area (Å²) < 4.78 is 18.5. The minimum Gasteiger partial charge on any atom is -0.493 e. The molecule has 0 amide bonds. The zero-order chi connectivity index (χ0) is 12.3. The second-order valence-electron chi connectivity index (χ2n) is 4.27. The molecule has 0 spiro atoms. The van der Waals surface area contributed by atoms with Crippen LogP contribution in [-0.2, 0) is 4.79 Å². The first-order valence-corrected chi connectivity index (χ1v) is 6.15. The fraction of sp³-hybridized carbons (Fsp3) is 0.462. The first kappa shape index (κ1) is 12.4. The molecule has 1 atom stereocenters. The van der Waals surface area contributed by atoms with E-state index in [2.05, 4.69) is 0 Å². The summed E-state index contributed by atoms with van der Waals surface area (Å²) in [5, 5.41) is 0.0864. The summed E-state index contributed by atoms with van der Waals surface area (Å²) in [7, 11) is 0. The number of ketones is 1. The van der Waals surface area contributed by atoms with Crippen LogP contribution in [0.1, 0.15) is 25.7 Å². The molecule has 0 saturated heterocycles. The van der Waals surface area contributed by atoms with Crippen LogP contribution in [0.2, 0.25) is 5.02 Å². The molecule has 1 aliphatic carbocycles. The topological polar surface area (TPSA) is 26.3 Å². The zero-order valence-electron chi connectivity index (χ0n) is 9.42. The monoisotopic (exact) mass is 256 g/mol. The Morgan fingerprint density at radius 3 is 2.94 bits per heavy atom. The Balaban J connectivity index is 1.81. The van der Waals surface area contributed by atoms with Gasteiger partial charge in [-0.2, -0.15) is 0 Å². The molecule has 1 aromatic carbocycles. The standard InChI is InChI=1S/C13H14ClFO2/c14-11-5-4-10(8-12(11)15)17-7-6-9-2-1-3-13(9)16/h4-5,8-9H,1-3,6-7H2. The van der Waals surface area contributed by atoms with E-state index in [-0.39, 0.29) is 10.9 Å². The molecule has 0 radical (unpaired) electrons. The third kappa shape index (κ3) is 3.19. The molecule has 1 fully saturated rings. The number of benzene rings is 1. The molecule has 2 nitrogen and oxygen atoms in total. The van der Waals surface area contributed by atoms with Gasteiger partial charge in [0, 0.05) is 18.4 Å². The van der Waals surface area contributed by atoms with E-state index < -0.39 is 5.82 Å². The summed E-state index contributed by atoms with van der Waals surface area (Å²) in [6.45, 7) is 0.442. The molecular formula is C13H14ClFO2. The van der Waals surface area contributed by atoms with Crippen molar-refractivity contribution >= 4 is 17.4 Å². The molecule has 1 saturated carbocycles. The number of carbonyl (C=O) groups excluding carboxylic acids is 1. The molecule has 0 bridgehead atoms. The Bertz CT molecular complexity index is 420. The first-order chi connectivity index (χ1) is 8.16.